The van der Waals surface area contributed by atoms with Crippen LogP contribution in [0.3, 0.4) is 0 Å². The molecule has 0 unspecified atom stereocenters. The maximum atomic E-state index is 12.8. The number of amides is 1. The third-order valence-corrected chi connectivity index (χ3v) is 4.13. The molecule has 0 aromatic heterocycles. The van der Waals surface area contributed by atoms with Gasteiger partial charge in [-0.15, -0.1) is 0 Å². The fourth-order valence-corrected chi connectivity index (χ4v) is 2.21. The minimum Gasteiger partial charge on any atom is -0.385 e. The molecule has 0 aliphatic heterocycles. The van der Waals surface area contributed by atoms with Crippen molar-refractivity contribution in [3.8, 4) is 0 Å². The van der Waals surface area contributed by atoms with E-state index in [0.29, 0.717) is 19.5 Å². The molecule has 0 aliphatic rings. The van der Waals surface area contributed by atoms with Crippen LogP contribution < -0.4 is 10.6 Å². The SMILES string of the molecule is Cc1cc(NCCC(=O)NCc2ccc(F)cc2)ccc1Br. The third-order valence-electron chi connectivity index (χ3n) is 3.24. The predicted octanol–water partition coefficient (Wildman–Crippen LogP) is 4.02. The van der Waals surface area contributed by atoms with Crippen molar-refractivity contribution in [3.05, 3.63) is 63.9 Å². The van der Waals surface area contributed by atoms with E-state index in [1.165, 1.54) is 12.1 Å². The van der Waals surface area contributed by atoms with Gasteiger partial charge < -0.3 is 10.6 Å². The number of aryl methyl sites for hydroxylation is 1. The van der Waals surface area contributed by atoms with Crippen LogP contribution in [0.1, 0.15) is 17.5 Å². The Kier molecular flexibility index (Phi) is 5.95. The lowest BCUT2D eigenvalue weighted by atomic mass is 10.2. The number of rotatable bonds is 6. The Labute approximate surface area is 138 Å². The summed E-state index contributed by atoms with van der Waals surface area (Å²) in [5, 5.41) is 6.03. The van der Waals surface area contributed by atoms with Crippen LogP contribution in [0, 0.1) is 12.7 Å². The first kappa shape index (κ1) is 16.5. The standard InChI is InChI=1S/C17H18BrFN2O/c1-12-10-15(6-7-16(12)18)20-9-8-17(22)21-11-13-2-4-14(19)5-3-13/h2-7,10,20H,8-9,11H2,1H3,(H,21,22). The molecule has 0 radical (unpaired) electrons. The largest absolute Gasteiger partial charge is 0.385 e. The molecular formula is C17H18BrFN2O. The van der Waals surface area contributed by atoms with Crippen LogP contribution in [0.4, 0.5) is 10.1 Å². The molecule has 2 aromatic carbocycles. The lowest BCUT2D eigenvalue weighted by Gasteiger charge is -2.09. The van der Waals surface area contributed by atoms with Crippen LogP contribution in [0.5, 0.6) is 0 Å². The van der Waals surface area contributed by atoms with Gasteiger partial charge in [0, 0.05) is 29.7 Å². The van der Waals surface area contributed by atoms with Crippen molar-refractivity contribution in [2.75, 3.05) is 11.9 Å². The van der Waals surface area contributed by atoms with Crippen LogP contribution in [0.25, 0.3) is 0 Å². The Hall–Kier alpha value is -1.88. The van der Waals surface area contributed by atoms with Crippen molar-refractivity contribution in [1.29, 1.82) is 0 Å². The molecule has 1 amide bonds. The predicted molar refractivity (Wildman–Crippen MR) is 90.2 cm³/mol. The average molecular weight is 365 g/mol. The first-order valence-electron chi connectivity index (χ1n) is 7.06. The van der Waals surface area contributed by atoms with Crippen molar-refractivity contribution in [2.24, 2.45) is 0 Å². The second kappa shape index (κ2) is 7.94. The van der Waals surface area contributed by atoms with E-state index >= 15 is 0 Å². The summed E-state index contributed by atoms with van der Waals surface area (Å²) in [4.78, 5) is 11.8. The van der Waals surface area contributed by atoms with Crippen LogP contribution in [0.2, 0.25) is 0 Å². The number of carbonyl (C=O) groups is 1. The van der Waals surface area contributed by atoms with Crippen molar-refractivity contribution < 1.29 is 9.18 Å². The van der Waals surface area contributed by atoms with Gasteiger partial charge in [0.15, 0.2) is 0 Å². The Morgan fingerprint density at radius 1 is 1.18 bits per heavy atom. The van der Waals surface area contributed by atoms with E-state index in [9.17, 15) is 9.18 Å². The topological polar surface area (TPSA) is 41.1 Å². The smallest absolute Gasteiger partial charge is 0.222 e. The van der Waals surface area contributed by atoms with Crippen LogP contribution in [-0.4, -0.2) is 12.5 Å². The Morgan fingerprint density at radius 3 is 2.59 bits per heavy atom. The number of carbonyl (C=O) groups excluding carboxylic acids is 1. The number of benzene rings is 2. The zero-order valence-electron chi connectivity index (χ0n) is 12.3. The van der Waals surface area contributed by atoms with E-state index in [4.69, 9.17) is 0 Å². The van der Waals surface area contributed by atoms with Gasteiger partial charge in [-0.25, -0.2) is 4.39 Å². The molecule has 0 fully saturated rings. The summed E-state index contributed by atoms with van der Waals surface area (Å²) < 4.78 is 13.8. The van der Waals surface area contributed by atoms with Gasteiger partial charge in [0.1, 0.15) is 5.82 Å². The summed E-state index contributed by atoms with van der Waals surface area (Å²) in [5.74, 6) is -0.310. The molecule has 2 N–H and O–H groups in total. The van der Waals surface area contributed by atoms with E-state index in [1.807, 2.05) is 25.1 Å². The van der Waals surface area contributed by atoms with Gasteiger partial charge in [0.05, 0.1) is 0 Å². The summed E-state index contributed by atoms with van der Waals surface area (Å²) in [6.07, 6.45) is 0.385. The third kappa shape index (κ3) is 5.15. The maximum absolute atomic E-state index is 12.8. The van der Waals surface area contributed by atoms with Gasteiger partial charge in [0.2, 0.25) is 5.91 Å². The maximum Gasteiger partial charge on any atom is 0.222 e. The van der Waals surface area contributed by atoms with Gasteiger partial charge in [-0.2, -0.15) is 0 Å². The second-order valence-corrected chi connectivity index (χ2v) is 5.90. The van der Waals surface area contributed by atoms with Gasteiger partial charge in [-0.05, 0) is 48.4 Å². The molecule has 2 aromatic rings. The van der Waals surface area contributed by atoms with Crippen molar-refractivity contribution in [2.45, 2.75) is 19.9 Å². The number of hydrogen-bond donors (Lipinski definition) is 2. The van der Waals surface area contributed by atoms with Crippen molar-refractivity contribution in [1.82, 2.24) is 5.32 Å². The molecule has 0 aliphatic carbocycles. The summed E-state index contributed by atoms with van der Waals surface area (Å²) in [6.45, 7) is 3.00. The fraction of sp³-hybridized carbons (Fsp3) is 0.235. The fourth-order valence-electron chi connectivity index (χ4n) is 1.97. The normalized spacial score (nSPS) is 10.3. The molecule has 2 rings (SSSR count). The molecule has 5 heteroatoms. The molecule has 116 valence electrons. The van der Waals surface area contributed by atoms with Crippen LogP contribution in [-0.2, 0) is 11.3 Å². The second-order valence-electron chi connectivity index (χ2n) is 5.04. The highest BCUT2D eigenvalue weighted by atomic mass is 79.9. The first-order valence-corrected chi connectivity index (χ1v) is 7.85. The van der Waals surface area contributed by atoms with E-state index in [-0.39, 0.29) is 11.7 Å². The zero-order chi connectivity index (χ0) is 15.9. The minimum atomic E-state index is -0.274. The highest BCUT2D eigenvalue weighted by Crippen LogP contribution is 2.19. The van der Waals surface area contributed by atoms with E-state index in [0.717, 1.165) is 21.3 Å². The van der Waals surface area contributed by atoms with Gasteiger partial charge >= 0.3 is 0 Å². The Morgan fingerprint density at radius 2 is 1.91 bits per heavy atom. The molecule has 0 heterocycles. The van der Waals surface area contributed by atoms with E-state index in [2.05, 4.69) is 26.6 Å². The minimum absolute atomic E-state index is 0.0364. The number of hydrogen-bond acceptors (Lipinski definition) is 2. The number of nitrogens with one attached hydrogen (secondary N) is 2. The summed E-state index contributed by atoms with van der Waals surface area (Å²) in [6, 6.07) is 12.1. The molecular weight excluding hydrogens is 347 g/mol. The van der Waals surface area contributed by atoms with Crippen LogP contribution in [0.15, 0.2) is 46.9 Å². The average Bonchev–Trinajstić information content (AvgIpc) is 2.50. The summed E-state index contributed by atoms with van der Waals surface area (Å²) in [7, 11) is 0. The monoisotopic (exact) mass is 364 g/mol. The Bertz CT molecular complexity index is 644. The summed E-state index contributed by atoms with van der Waals surface area (Å²) >= 11 is 3.45. The zero-order valence-corrected chi connectivity index (χ0v) is 13.9. The summed E-state index contributed by atoms with van der Waals surface area (Å²) in [5.41, 5.74) is 3.02. The molecule has 0 saturated heterocycles. The van der Waals surface area contributed by atoms with E-state index in [1.54, 1.807) is 12.1 Å². The molecule has 3 nitrogen and oxygen atoms in total. The lowest BCUT2D eigenvalue weighted by Crippen LogP contribution is -2.24. The van der Waals surface area contributed by atoms with Gasteiger partial charge in [0.25, 0.3) is 0 Å². The van der Waals surface area contributed by atoms with Gasteiger partial charge in [-0.1, -0.05) is 28.1 Å². The van der Waals surface area contributed by atoms with E-state index < -0.39 is 0 Å². The molecule has 22 heavy (non-hydrogen) atoms. The molecule has 0 spiro atoms. The highest BCUT2D eigenvalue weighted by molar-refractivity contribution is 9.10. The lowest BCUT2D eigenvalue weighted by molar-refractivity contribution is -0.121. The molecule has 0 saturated carbocycles. The Balaban J connectivity index is 1.71. The molecule has 0 bridgehead atoms. The van der Waals surface area contributed by atoms with Crippen molar-refractivity contribution >= 4 is 27.5 Å². The van der Waals surface area contributed by atoms with Crippen molar-refractivity contribution in [3.63, 3.8) is 0 Å². The number of anilines is 1. The number of halogens is 2. The highest BCUT2D eigenvalue weighted by Gasteiger charge is 2.02. The van der Waals surface area contributed by atoms with Gasteiger partial charge in [-0.3, -0.25) is 4.79 Å². The first-order chi connectivity index (χ1) is 10.5. The quantitative estimate of drug-likeness (QED) is 0.812. The van der Waals surface area contributed by atoms with Crippen LogP contribution >= 0.6 is 15.9 Å². The molecule has 0 atom stereocenters.